The Morgan fingerprint density at radius 2 is 1.68 bits per heavy atom. The van der Waals surface area contributed by atoms with Crippen molar-refractivity contribution >= 4 is 11.9 Å². The zero-order valence-corrected chi connectivity index (χ0v) is 19.2. The lowest BCUT2D eigenvalue weighted by Gasteiger charge is -2.40. The van der Waals surface area contributed by atoms with E-state index in [-0.39, 0.29) is 17.8 Å². The normalized spacial score (nSPS) is 18.3. The highest BCUT2D eigenvalue weighted by atomic mass is 19.1. The molecule has 7 nitrogen and oxygen atoms in total. The lowest BCUT2D eigenvalue weighted by molar-refractivity contribution is -0.135. The number of nitrogens with zero attached hydrogens (tertiary/aromatic N) is 5. The number of urea groups is 1. The largest absolute Gasteiger partial charge is 0.327 e. The number of benzene rings is 2. The number of likely N-dealkylation sites (tertiary alicyclic amines) is 1. The van der Waals surface area contributed by atoms with Crippen LogP contribution >= 0.6 is 0 Å². The number of hydrogen-bond acceptors (Lipinski definition) is 4. The van der Waals surface area contributed by atoms with Gasteiger partial charge < -0.3 is 4.90 Å². The second-order valence-electron chi connectivity index (χ2n) is 9.11. The van der Waals surface area contributed by atoms with Gasteiger partial charge in [-0.2, -0.15) is 5.10 Å². The fraction of sp³-hybridized carbons (Fsp3) is 0.346. The maximum atomic E-state index is 13.4. The first-order chi connectivity index (χ1) is 16.5. The number of carbonyl (C=O) groups is 2. The highest BCUT2D eigenvalue weighted by Crippen LogP contribution is 2.36. The summed E-state index contributed by atoms with van der Waals surface area (Å²) in [5.74, 6) is -0.346. The van der Waals surface area contributed by atoms with Crippen LogP contribution in [0.3, 0.4) is 0 Å². The van der Waals surface area contributed by atoms with Crippen molar-refractivity contribution < 1.29 is 14.0 Å². The van der Waals surface area contributed by atoms with Crippen molar-refractivity contribution in [1.82, 2.24) is 24.5 Å². The molecule has 1 aromatic heterocycles. The number of amides is 3. The van der Waals surface area contributed by atoms with Gasteiger partial charge in [0.1, 0.15) is 11.4 Å². The molecule has 0 bridgehead atoms. The summed E-state index contributed by atoms with van der Waals surface area (Å²) in [6, 6.07) is 15.9. The Bertz CT molecular complexity index is 1170. The van der Waals surface area contributed by atoms with Gasteiger partial charge in [-0.1, -0.05) is 30.3 Å². The topological polar surface area (TPSA) is 61.7 Å². The van der Waals surface area contributed by atoms with Crippen LogP contribution in [0, 0.1) is 5.82 Å². The van der Waals surface area contributed by atoms with E-state index in [2.05, 4.69) is 10.00 Å². The van der Waals surface area contributed by atoms with Crippen molar-refractivity contribution in [3.05, 3.63) is 83.9 Å². The summed E-state index contributed by atoms with van der Waals surface area (Å²) in [7, 11) is 1.76. The molecule has 0 radical (unpaired) electrons. The molecule has 2 aliphatic rings. The predicted molar refractivity (Wildman–Crippen MR) is 126 cm³/mol. The Morgan fingerprint density at radius 1 is 0.971 bits per heavy atom. The van der Waals surface area contributed by atoms with Gasteiger partial charge in [0.2, 0.25) is 0 Å². The minimum absolute atomic E-state index is 0.0697. The molecule has 2 fully saturated rings. The van der Waals surface area contributed by atoms with E-state index in [0.717, 1.165) is 29.9 Å². The summed E-state index contributed by atoms with van der Waals surface area (Å²) >= 11 is 0. The van der Waals surface area contributed by atoms with Gasteiger partial charge in [-0.25, -0.2) is 13.9 Å². The van der Waals surface area contributed by atoms with Crippen LogP contribution in [0.25, 0.3) is 5.69 Å². The van der Waals surface area contributed by atoms with Gasteiger partial charge in [0.25, 0.3) is 5.91 Å². The molecule has 1 spiro atoms. The highest BCUT2D eigenvalue weighted by Gasteiger charge is 2.56. The van der Waals surface area contributed by atoms with E-state index in [0.29, 0.717) is 32.4 Å². The fourth-order valence-electron chi connectivity index (χ4n) is 4.99. The number of piperidine rings is 1. The molecule has 0 unspecified atom stereocenters. The average Bonchev–Trinajstić information content (AvgIpc) is 3.39. The molecule has 0 saturated carbocycles. The Labute approximate surface area is 198 Å². The van der Waals surface area contributed by atoms with E-state index in [1.54, 1.807) is 28.8 Å². The van der Waals surface area contributed by atoms with Crippen LogP contribution in [0.15, 0.2) is 67.0 Å². The molecule has 34 heavy (non-hydrogen) atoms. The van der Waals surface area contributed by atoms with Crippen molar-refractivity contribution in [3.8, 4) is 5.69 Å². The maximum Gasteiger partial charge on any atom is 0.327 e. The first-order valence-electron chi connectivity index (χ1n) is 11.6. The van der Waals surface area contributed by atoms with Crippen LogP contribution in [0.5, 0.6) is 0 Å². The van der Waals surface area contributed by atoms with Crippen molar-refractivity contribution in [1.29, 1.82) is 0 Å². The third-order valence-corrected chi connectivity index (χ3v) is 7.09. The Morgan fingerprint density at radius 3 is 2.38 bits per heavy atom. The molecule has 3 heterocycles. The van der Waals surface area contributed by atoms with Crippen LogP contribution in [0.1, 0.15) is 24.0 Å². The van der Waals surface area contributed by atoms with E-state index >= 15 is 0 Å². The monoisotopic (exact) mass is 461 g/mol. The van der Waals surface area contributed by atoms with Crippen molar-refractivity contribution in [3.63, 3.8) is 0 Å². The summed E-state index contributed by atoms with van der Waals surface area (Å²) in [6.07, 6.45) is 5.64. The van der Waals surface area contributed by atoms with Crippen LogP contribution < -0.4 is 0 Å². The fourth-order valence-corrected chi connectivity index (χ4v) is 4.99. The second kappa shape index (κ2) is 9.02. The summed E-state index contributed by atoms with van der Waals surface area (Å²) < 4.78 is 14.9. The Hall–Kier alpha value is -3.52. The third-order valence-electron chi connectivity index (χ3n) is 7.09. The van der Waals surface area contributed by atoms with Gasteiger partial charge in [0, 0.05) is 45.0 Å². The number of carbonyl (C=O) groups excluding carboxylic acids is 2. The second-order valence-corrected chi connectivity index (χ2v) is 9.11. The van der Waals surface area contributed by atoms with Gasteiger partial charge in [-0.3, -0.25) is 14.6 Å². The van der Waals surface area contributed by atoms with Crippen LogP contribution in [0.4, 0.5) is 9.18 Å². The molecule has 2 saturated heterocycles. The van der Waals surface area contributed by atoms with Crippen LogP contribution in [-0.4, -0.2) is 68.6 Å². The number of imide groups is 1. The predicted octanol–water partition coefficient (Wildman–Crippen LogP) is 3.48. The minimum Gasteiger partial charge on any atom is -0.312 e. The quantitative estimate of drug-likeness (QED) is 0.528. The third kappa shape index (κ3) is 4.09. The van der Waals surface area contributed by atoms with E-state index in [1.807, 2.05) is 42.7 Å². The molecule has 2 aromatic carbocycles. The first kappa shape index (κ1) is 22.3. The molecular weight excluding hydrogens is 433 g/mol. The van der Waals surface area contributed by atoms with Gasteiger partial charge in [0.05, 0.1) is 11.9 Å². The molecule has 0 aliphatic carbocycles. The van der Waals surface area contributed by atoms with E-state index in [4.69, 9.17) is 0 Å². The smallest absolute Gasteiger partial charge is 0.312 e. The van der Waals surface area contributed by atoms with Gasteiger partial charge in [-0.05, 0) is 49.1 Å². The molecule has 0 atom stereocenters. The van der Waals surface area contributed by atoms with Crippen LogP contribution in [0.2, 0.25) is 0 Å². The molecule has 2 aliphatic heterocycles. The van der Waals surface area contributed by atoms with Gasteiger partial charge in [-0.15, -0.1) is 0 Å². The average molecular weight is 462 g/mol. The van der Waals surface area contributed by atoms with E-state index in [1.165, 1.54) is 17.0 Å². The highest BCUT2D eigenvalue weighted by molar-refractivity contribution is 6.07. The van der Waals surface area contributed by atoms with Crippen molar-refractivity contribution in [2.24, 2.45) is 0 Å². The van der Waals surface area contributed by atoms with E-state index in [9.17, 15) is 14.0 Å². The van der Waals surface area contributed by atoms with Crippen molar-refractivity contribution in [2.45, 2.75) is 31.3 Å². The lowest BCUT2D eigenvalue weighted by atomic mass is 9.86. The first-order valence-corrected chi connectivity index (χ1v) is 11.6. The zero-order chi connectivity index (χ0) is 23.7. The zero-order valence-electron chi connectivity index (χ0n) is 19.2. The number of hydrogen-bond donors (Lipinski definition) is 0. The molecule has 3 amide bonds. The summed E-state index contributed by atoms with van der Waals surface area (Å²) in [5.41, 5.74) is 2.22. The maximum absolute atomic E-state index is 13.4. The lowest BCUT2D eigenvalue weighted by Crippen LogP contribution is -2.55. The molecule has 3 aromatic rings. The molecule has 5 rings (SSSR count). The van der Waals surface area contributed by atoms with Gasteiger partial charge in [0.15, 0.2) is 0 Å². The Balaban J connectivity index is 1.20. The van der Waals surface area contributed by atoms with Crippen LogP contribution in [-0.2, 0) is 17.8 Å². The summed E-state index contributed by atoms with van der Waals surface area (Å²) in [6.45, 7) is 2.55. The standard InChI is InChI=1S/C26H28FN5O2/c1-29-25(34)31(14-11-20-5-3-2-4-6-20)24(33)26(29)12-15-30(16-13-26)18-21-17-28-32(19-21)23-9-7-22(27)8-10-23/h2-10,17,19H,11-16,18H2,1H3. The number of rotatable bonds is 6. The summed E-state index contributed by atoms with van der Waals surface area (Å²) in [5, 5.41) is 4.40. The molecular formula is C26H28FN5O2. The van der Waals surface area contributed by atoms with Crippen molar-refractivity contribution in [2.75, 3.05) is 26.7 Å². The molecule has 8 heteroatoms. The van der Waals surface area contributed by atoms with Gasteiger partial charge >= 0.3 is 6.03 Å². The number of halogens is 1. The molecule has 0 N–H and O–H groups in total. The van der Waals surface area contributed by atoms with E-state index < -0.39 is 5.54 Å². The Kier molecular flexibility index (Phi) is 5.91. The number of likely N-dealkylation sites (N-methyl/N-ethyl adjacent to an activating group) is 1. The molecule has 176 valence electrons. The summed E-state index contributed by atoms with van der Waals surface area (Å²) in [4.78, 5) is 31.7. The minimum atomic E-state index is -0.747. The number of aromatic nitrogens is 2. The SMILES string of the molecule is CN1C(=O)N(CCc2ccccc2)C(=O)C12CCN(Cc1cnn(-c3ccc(F)cc3)c1)CC2.